The van der Waals surface area contributed by atoms with Crippen molar-refractivity contribution in [1.29, 1.82) is 0 Å². The van der Waals surface area contributed by atoms with Gasteiger partial charge in [0.1, 0.15) is 29.7 Å². The second-order valence-corrected chi connectivity index (χ2v) is 7.48. The second kappa shape index (κ2) is 7.39. The van der Waals surface area contributed by atoms with Crippen LogP contribution in [0, 0.1) is 5.92 Å². The van der Waals surface area contributed by atoms with E-state index in [1.165, 1.54) is 10.6 Å². The van der Waals surface area contributed by atoms with Crippen LogP contribution in [0.15, 0.2) is 23.1 Å². The molecule has 1 fully saturated rings. The number of pyridine rings is 1. The minimum absolute atomic E-state index is 0.0417. The lowest BCUT2D eigenvalue weighted by molar-refractivity contribution is -0.165. The molecule has 0 aromatic carbocycles. The number of aromatic nitrogens is 1. The Balaban J connectivity index is 2.12. The summed E-state index contributed by atoms with van der Waals surface area (Å²) in [5, 5.41) is 3.24. The third kappa shape index (κ3) is 5.16. The van der Waals surface area contributed by atoms with Crippen LogP contribution < -0.4 is 15.6 Å². The SMILES string of the molecule is C[C@H]1CC(=O)C(C(=O)OC(C)(C)C)[C@@H](COc2ccc(=O)n(C)c2)N1. The van der Waals surface area contributed by atoms with Gasteiger partial charge in [0.05, 0.1) is 6.04 Å². The summed E-state index contributed by atoms with van der Waals surface area (Å²) in [6.45, 7) is 7.32. The fourth-order valence-electron chi connectivity index (χ4n) is 2.82. The van der Waals surface area contributed by atoms with Crippen molar-refractivity contribution in [1.82, 2.24) is 9.88 Å². The number of nitrogens with zero attached hydrogens (tertiary/aromatic N) is 1. The van der Waals surface area contributed by atoms with E-state index in [1.54, 1.807) is 40.1 Å². The van der Waals surface area contributed by atoms with Crippen LogP contribution in [0.25, 0.3) is 0 Å². The summed E-state index contributed by atoms with van der Waals surface area (Å²) in [6.07, 6.45) is 1.85. The van der Waals surface area contributed by atoms with Gasteiger partial charge in [0, 0.05) is 31.8 Å². The number of esters is 1. The number of carbonyl (C=O) groups is 2. The Morgan fingerprint density at radius 1 is 1.32 bits per heavy atom. The van der Waals surface area contributed by atoms with E-state index in [0.717, 1.165) is 0 Å². The van der Waals surface area contributed by atoms with E-state index in [4.69, 9.17) is 9.47 Å². The maximum absolute atomic E-state index is 12.5. The van der Waals surface area contributed by atoms with Crippen molar-refractivity contribution >= 4 is 11.8 Å². The normalized spacial score (nSPS) is 24.0. The van der Waals surface area contributed by atoms with Gasteiger partial charge in [-0.1, -0.05) is 0 Å². The molecule has 1 N–H and O–H groups in total. The number of carbonyl (C=O) groups excluding carboxylic acids is 2. The Kier molecular flexibility index (Phi) is 5.67. The molecule has 3 atom stereocenters. The number of ketones is 1. The molecule has 0 spiro atoms. The molecular formula is C18H26N2O5. The standard InChI is InChI=1S/C18H26N2O5/c1-11-8-14(21)16(17(23)25-18(2,3)4)13(19-11)10-24-12-6-7-15(22)20(5)9-12/h6-7,9,11,13,16,19H,8,10H2,1-5H3/t11-,13+,16?/m0/s1. The molecule has 0 amide bonds. The first-order valence-electron chi connectivity index (χ1n) is 8.38. The molecule has 1 unspecified atom stereocenters. The fraction of sp³-hybridized carbons (Fsp3) is 0.611. The zero-order valence-electron chi connectivity index (χ0n) is 15.4. The lowest BCUT2D eigenvalue weighted by Gasteiger charge is -2.35. The van der Waals surface area contributed by atoms with Gasteiger partial charge in [-0.25, -0.2) is 0 Å². The Labute approximate surface area is 147 Å². The van der Waals surface area contributed by atoms with E-state index in [0.29, 0.717) is 5.75 Å². The highest BCUT2D eigenvalue weighted by Gasteiger charge is 2.42. The number of Topliss-reactive ketones (excluding diaryl/α,β-unsaturated/α-hetero) is 1. The van der Waals surface area contributed by atoms with Gasteiger partial charge in [-0.3, -0.25) is 14.4 Å². The summed E-state index contributed by atoms with van der Waals surface area (Å²) in [5.74, 6) is -1.08. The molecule has 2 heterocycles. The lowest BCUT2D eigenvalue weighted by atomic mass is 9.86. The monoisotopic (exact) mass is 350 g/mol. The van der Waals surface area contributed by atoms with Crippen molar-refractivity contribution in [3.8, 4) is 5.75 Å². The molecule has 0 aliphatic carbocycles. The van der Waals surface area contributed by atoms with Crippen LogP contribution in [-0.2, 0) is 21.4 Å². The molecular weight excluding hydrogens is 324 g/mol. The molecule has 25 heavy (non-hydrogen) atoms. The summed E-state index contributed by atoms with van der Waals surface area (Å²) in [4.78, 5) is 36.3. The third-order valence-corrected chi connectivity index (χ3v) is 3.90. The number of nitrogens with one attached hydrogen (secondary N) is 1. The zero-order valence-corrected chi connectivity index (χ0v) is 15.4. The van der Waals surface area contributed by atoms with E-state index >= 15 is 0 Å². The van der Waals surface area contributed by atoms with Crippen LogP contribution in [-0.4, -0.2) is 40.6 Å². The average molecular weight is 350 g/mol. The highest BCUT2D eigenvalue weighted by molar-refractivity contribution is 6.00. The predicted molar refractivity (Wildman–Crippen MR) is 92.5 cm³/mol. The first-order valence-corrected chi connectivity index (χ1v) is 8.38. The second-order valence-electron chi connectivity index (χ2n) is 7.48. The van der Waals surface area contributed by atoms with E-state index < -0.39 is 23.5 Å². The van der Waals surface area contributed by atoms with Crippen LogP contribution in [0.4, 0.5) is 0 Å². The van der Waals surface area contributed by atoms with Crippen molar-refractivity contribution in [3.63, 3.8) is 0 Å². The molecule has 2 rings (SSSR count). The van der Waals surface area contributed by atoms with Gasteiger partial charge in [0.25, 0.3) is 0 Å². The van der Waals surface area contributed by atoms with Gasteiger partial charge in [0.2, 0.25) is 5.56 Å². The van der Waals surface area contributed by atoms with E-state index in [2.05, 4.69) is 5.32 Å². The van der Waals surface area contributed by atoms with Crippen molar-refractivity contribution in [3.05, 3.63) is 28.7 Å². The van der Waals surface area contributed by atoms with Gasteiger partial charge in [-0.15, -0.1) is 0 Å². The first kappa shape index (κ1) is 19.2. The van der Waals surface area contributed by atoms with Crippen molar-refractivity contribution in [2.24, 2.45) is 13.0 Å². The molecule has 0 bridgehead atoms. The number of hydrogen-bond donors (Lipinski definition) is 1. The molecule has 0 saturated carbocycles. The largest absolute Gasteiger partial charge is 0.490 e. The van der Waals surface area contributed by atoms with Gasteiger partial charge in [0.15, 0.2) is 0 Å². The minimum Gasteiger partial charge on any atom is -0.490 e. The van der Waals surface area contributed by atoms with Gasteiger partial charge >= 0.3 is 5.97 Å². The molecule has 7 nitrogen and oxygen atoms in total. The minimum atomic E-state index is -0.900. The molecule has 1 saturated heterocycles. The van der Waals surface area contributed by atoms with Crippen LogP contribution in [0.5, 0.6) is 5.75 Å². The maximum atomic E-state index is 12.5. The molecule has 0 radical (unpaired) electrons. The van der Waals surface area contributed by atoms with E-state index in [1.807, 2.05) is 6.92 Å². The fourth-order valence-corrected chi connectivity index (χ4v) is 2.82. The topological polar surface area (TPSA) is 86.6 Å². The van der Waals surface area contributed by atoms with Gasteiger partial charge in [-0.05, 0) is 33.8 Å². The predicted octanol–water partition coefficient (Wildman–Crippen LogP) is 1.04. The lowest BCUT2D eigenvalue weighted by Crippen LogP contribution is -2.57. The summed E-state index contributed by atoms with van der Waals surface area (Å²) in [7, 11) is 1.63. The van der Waals surface area contributed by atoms with E-state index in [9.17, 15) is 14.4 Å². The number of aryl methyl sites for hydroxylation is 1. The van der Waals surface area contributed by atoms with Crippen LogP contribution in [0.3, 0.4) is 0 Å². The summed E-state index contributed by atoms with van der Waals surface area (Å²) >= 11 is 0. The summed E-state index contributed by atoms with van der Waals surface area (Å²) < 4.78 is 12.5. The number of rotatable bonds is 4. The molecule has 1 aromatic heterocycles. The molecule has 1 aliphatic rings. The van der Waals surface area contributed by atoms with Gasteiger partial charge < -0.3 is 19.4 Å². The van der Waals surface area contributed by atoms with Gasteiger partial charge in [-0.2, -0.15) is 0 Å². The van der Waals surface area contributed by atoms with Crippen LogP contribution >= 0.6 is 0 Å². The highest BCUT2D eigenvalue weighted by Crippen LogP contribution is 2.22. The Hall–Kier alpha value is -2.15. The molecule has 138 valence electrons. The number of hydrogen-bond acceptors (Lipinski definition) is 6. The van der Waals surface area contributed by atoms with Crippen molar-refractivity contribution in [2.75, 3.05) is 6.61 Å². The van der Waals surface area contributed by atoms with Crippen LogP contribution in [0.2, 0.25) is 0 Å². The third-order valence-electron chi connectivity index (χ3n) is 3.90. The average Bonchev–Trinajstić information content (AvgIpc) is 2.45. The number of piperidine rings is 1. The molecule has 1 aliphatic heterocycles. The smallest absolute Gasteiger partial charge is 0.318 e. The van der Waals surface area contributed by atoms with E-state index in [-0.39, 0.29) is 30.4 Å². The highest BCUT2D eigenvalue weighted by atomic mass is 16.6. The Morgan fingerprint density at radius 2 is 2.00 bits per heavy atom. The summed E-state index contributed by atoms with van der Waals surface area (Å²) in [5.41, 5.74) is -0.803. The van der Waals surface area contributed by atoms with Crippen LogP contribution in [0.1, 0.15) is 34.1 Å². The summed E-state index contributed by atoms with van der Waals surface area (Å²) in [6, 6.07) is 2.45. The maximum Gasteiger partial charge on any atom is 0.318 e. The molecule has 1 aromatic rings. The quantitative estimate of drug-likeness (QED) is 0.645. The van der Waals surface area contributed by atoms with Crippen molar-refractivity contribution < 1.29 is 19.1 Å². The zero-order chi connectivity index (χ0) is 18.8. The first-order chi connectivity index (χ1) is 11.6. The molecule has 7 heteroatoms. The Morgan fingerprint density at radius 3 is 2.60 bits per heavy atom. The van der Waals surface area contributed by atoms with Crippen molar-refractivity contribution in [2.45, 2.75) is 51.8 Å². The Bertz CT molecular complexity index is 704. The number of ether oxygens (including phenoxy) is 2.